The van der Waals surface area contributed by atoms with Gasteiger partial charge in [-0.3, -0.25) is 9.59 Å². The predicted octanol–water partition coefficient (Wildman–Crippen LogP) is 3.01. The maximum absolute atomic E-state index is 12.6. The number of likely N-dealkylation sites (tertiary alicyclic amines) is 1. The van der Waals surface area contributed by atoms with Gasteiger partial charge in [-0.1, -0.05) is 48.5 Å². The van der Waals surface area contributed by atoms with Gasteiger partial charge in [0.15, 0.2) is 0 Å². The van der Waals surface area contributed by atoms with E-state index in [-0.39, 0.29) is 37.6 Å². The number of carboxylic acids is 1. The highest BCUT2D eigenvalue weighted by molar-refractivity contribution is 5.83. The third-order valence-electron chi connectivity index (χ3n) is 7.05. The molecule has 2 aromatic carbocycles. The number of rotatable bonds is 6. The van der Waals surface area contributed by atoms with E-state index in [0.29, 0.717) is 25.8 Å². The quantitative estimate of drug-likeness (QED) is 0.681. The SMILES string of the molecule is O=C(NCC1CCC(C(=O)N2CCC(C(=O)O)C2)O1)OCC1c2ccccc2-c2ccccc21. The van der Waals surface area contributed by atoms with Gasteiger partial charge in [0.1, 0.15) is 12.7 Å². The minimum Gasteiger partial charge on any atom is -0.481 e. The Labute approximate surface area is 197 Å². The van der Waals surface area contributed by atoms with E-state index in [1.54, 1.807) is 4.90 Å². The number of aliphatic carboxylic acids is 1. The fraction of sp³-hybridized carbons (Fsp3) is 0.423. The predicted molar refractivity (Wildman–Crippen MR) is 123 cm³/mol. The van der Waals surface area contributed by atoms with Crippen molar-refractivity contribution in [1.29, 1.82) is 0 Å². The summed E-state index contributed by atoms with van der Waals surface area (Å²) in [6.45, 7) is 1.18. The molecule has 178 valence electrons. The van der Waals surface area contributed by atoms with E-state index >= 15 is 0 Å². The largest absolute Gasteiger partial charge is 0.481 e. The summed E-state index contributed by atoms with van der Waals surface area (Å²) in [5, 5.41) is 11.9. The fourth-order valence-electron chi connectivity index (χ4n) is 5.25. The van der Waals surface area contributed by atoms with Crippen molar-refractivity contribution in [1.82, 2.24) is 10.2 Å². The number of carbonyl (C=O) groups is 3. The minimum absolute atomic E-state index is 0.00188. The maximum atomic E-state index is 12.6. The molecule has 2 fully saturated rings. The van der Waals surface area contributed by atoms with Gasteiger partial charge in [0.05, 0.1) is 12.0 Å². The fourth-order valence-corrected chi connectivity index (χ4v) is 5.25. The normalized spacial score (nSPS) is 23.4. The lowest BCUT2D eigenvalue weighted by Crippen LogP contribution is -2.39. The lowest BCUT2D eigenvalue weighted by atomic mass is 9.98. The van der Waals surface area contributed by atoms with E-state index in [4.69, 9.17) is 14.6 Å². The Morgan fingerprint density at radius 3 is 2.32 bits per heavy atom. The number of ether oxygens (including phenoxy) is 2. The summed E-state index contributed by atoms with van der Waals surface area (Å²) in [6.07, 6.45) is 0.319. The van der Waals surface area contributed by atoms with Crippen molar-refractivity contribution in [2.24, 2.45) is 5.92 Å². The van der Waals surface area contributed by atoms with Crippen molar-refractivity contribution >= 4 is 18.0 Å². The van der Waals surface area contributed by atoms with Crippen LogP contribution in [-0.4, -0.2) is 66.4 Å². The van der Waals surface area contributed by atoms with Crippen LogP contribution in [0.25, 0.3) is 11.1 Å². The summed E-state index contributed by atoms with van der Waals surface area (Å²) in [7, 11) is 0. The van der Waals surface area contributed by atoms with Crippen molar-refractivity contribution in [3.8, 4) is 11.1 Å². The van der Waals surface area contributed by atoms with Crippen LogP contribution in [0.15, 0.2) is 48.5 Å². The Hall–Kier alpha value is -3.39. The Balaban J connectivity index is 1.09. The van der Waals surface area contributed by atoms with Crippen LogP contribution in [0.2, 0.25) is 0 Å². The summed E-state index contributed by atoms with van der Waals surface area (Å²) in [5.74, 6) is -1.53. The van der Waals surface area contributed by atoms with E-state index < -0.39 is 24.1 Å². The molecule has 0 radical (unpaired) electrons. The Kier molecular flexibility index (Phi) is 6.24. The van der Waals surface area contributed by atoms with E-state index in [0.717, 1.165) is 11.1 Å². The summed E-state index contributed by atoms with van der Waals surface area (Å²) in [4.78, 5) is 37.7. The van der Waals surface area contributed by atoms with Gasteiger partial charge in [-0.15, -0.1) is 0 Å². The maximum Gasteiger partial charge on any atom is 0.407 e. The van der Waals surface area contributed by atoms with Gasteiger partial charge >= 0.3 is 12.1 Å². The number of nitrogens with zero attached hydrogens (tertiary/aromatic N) is 1. The highest BCUT2D eigenvalue weighted by Crippen LogP contribution is 2.44. The smallest absolute Gasteiger partial charge is 0.407 e. The zero-order valence-electron chi connectivity index (χ0n) is 18.8. The number of amides is 2. The minimum atomic E-state index is -0.868. The first-order chi connectivity index (χ1) is 16.5. The molecule has 34 heavy (non-hydrogen) atoms. The molecule has 2 amide bonds. The molecule has 3 atom stereocenters. The summed E-state index contributed by atoms with van der Waals surface area (Å²) < 4.78 is 11.4. The highest BCUT2D eigenvalue weighted by atomic mass is 16.5. The lowest BCUT2D eigenvalue weighted by Gasteiger charge is -2.21. The van der Waals surface area contributed by atoms with Crippen molar-refractivity contribution < 1.29 is 29.0 Å². The summed E-state index contributed by atoms with van der Waals surface area (Å²) >= 11 is 0. The van der Waals surface area contributed by atoms with Gasteiger partial charge in [-0.25, -0.2) is 4.79 Å². The Morgan fingerprint density at radius 2 is 1.68 bits per heavy atom. The third kappa shape index (κ3) is 4.37. The van der Waals surface area contributed by atoms with Gasteiger partial charge in [-0.2, -0.15) is 0 Å². The average molecular weight is 465 g/mol. The van der Waals surface area contributed by atoms with Crippen LogP contribution in [0.1, 0.15) is 36.3 Å². The molecular weight excluding hydrogens is 436 g/mol. The molecular formula is C26H28N2O6. The van der Waals surface area contributed by atoms with Crippen molar-refractivity contribution in [3.05, 3.63) is 59.7 Å². The van der Waals surface area contributed by atoms with E-state index in [2.05, 4.69) is 29.6 Å². The van der Waals surface area contributed by atoms with E-state index in [1.165, 1.54) is 11.1 Å². The van der Waals surface area contributed by atoms with Gasteiger partial charge in [0.25, 0.3) is 5.91 Å². The van der Waals surface area contributed by atoms with Crippen molar-refractivity contribution in [2.45, 2.75) is 37.4 Å². The number of fused-ring (bicyclic) bond motifs is 3. The van der Waals surface area contributed by atoms with E-state index in [1.807, 2.05) is 24.3 Å². The molecule has 3 unspecified atom stereocenters. The van der Waals surface area contributed by atoms with Crippen LogP contribution in [0.4, 0.5) is 4.79 Å². The number of benzene rings is 2. The molecule has 8 nitrogen and oxygen atoms in total. The molecule has 2 aliphatic heterocycles. The first-order valence-corrected chi connectivity index (χ1v) is 11.8. The van der Waals surface area contributed by atoms with Crippen LogP contribution < -0.4 is 5.32 Å². The molecule has 2 aromatic rings. The van der Waals surface area contributed by atoms with Gasteiger partial charge in [0.2, 0.25) is 0 Å². The second kappa shape index (κ2) is 9.46. The first kappa shape index (κ1) is 22.4. The third-order valence-corrected chi connectivity index (χ3v) is 7.05. The molecule has 0 bridgehead atoms. The number of carbonyl (C=O) groups excluding carboxylic acids is 2. The zero-order chi connectivity index (χ0) is 23.7. The van der Waals surface area contributed by atoms with Gasteiger partial charge in [-0.05, 0) is 41.5 Å². The molecule has 0 spiro atoms. The van der Waals surface area contributed by atoms with Gasteiger partial charge < -0.3 is 24.8 Å². The first-order valence-electron chi connectivity index (χ1n) is 11.8. The number of hydrogen-bond donors (Lipinski definition) is 2. The molecule has 8 heteroatoms. The zero-order valence-corrected chi connectivity index (χ0v) is 18.8. The van der Waals surface area contributed by atoms with Gasteiger partial charge in [0, 0.05) is 25.6 Å². The number of carboxylic acid groups (broad SMARTS) is 1. The van der Waals surface area contributed by atoms with Crippen molar-refractivity contribution in [3.63, 3.8) is 0 Å². The Morgan fingerprint density at radius 1 is 1.00 bits per heavy atom. The standard InChI is InChI=1S/C26H28N2O6/c29-24(28-12-11-16(14-28)25(30)31)23-10-9-17(34-23)13-27-26(32)33-15-22-20-7-3-1-5-18(20)19-6-2-4-8-21(19)22/h1-8,16-17,22-23H,9-15H2,(H,27,32)(H,30,31). The van der Waals surface area contributed by atoms with Crippen molar-refractivity contribution in [2.75, 3.05) is 26.2 Å². The second-order valence-corrected chi connectivity index (χ2v) is 9.14. The van der Waals surface area contributed by atoms with Crippen LogP contribution >= 0.6 is 0 Å². The molecule has 0 saturated carbocycles. The van der Waals surface area contributed by atoms with Crippen LogP contribution in [0.3, 0.4) is 0 Å². The second-order valence-electron chi connectivity index (χ2n) is 9.14. The van der Waals surface area contributed by atoms with Crippen LogP contribution in [-0.2, 0) is 19.1 Å². The van der Waals surface area contributed by atoms with Crippen LogP contribution in [0.5, 0.6) is 0 Å². The molecule has 5 rings (SSSR count). The monoisotopic (exact) mass is 464 g/mol. The molecule has 2 saturated heterocycles. The average Bonchev–Trinajstić information content (AvgIpc) is 3.59. The van der Waals surface area contributed by atoms with E-state index in [9.17, 15) is 14.4 Å². The molecule has 1 aliphatic carbocycles. The number of nitrogens with one attached hydrogen (secondary N) is 1. The number of hydrogen-bond acceptors (Lipinski definition) is 5. The summed E-state index contributed by atoms with van der Waals surface area (Å²) in [6, 6.07) is 16.3. The molecule has 2 heterocycles. The van der Waals surface area contributed by atoms with Crippen LogP contribution in [0, 0.1) is 5.92 Å². The number of alkyl carbamates (subject to hydrolysis) is 1. The topological polar surface area (TPSA) is 105 Å². The molecule has 0 aromatic heterocycles. The molecule has 3 aliphatic rings. The lowest BCUT2D eigenvalue weighted by molar-refractivity contribution is -0.143. The highest BCUT2D eigenvalue weighted by Gasteiger charge is 2.38. The summed E-state index contributed by atoms with van der Waals surface area (Å²) in [5.41, 5.74) is 4.66. The Bertz CT molecular complexity index is 1060. The molecule has 2 N–H and O–H groups in total.